The first-order chi connectivity index (χ1) is 9.02. The molecule has 1 heterocycles. The highest BCUT2D eigenvalue weighted by Crippen LogP contribution is 2.21. The fraction of sp³-hybridized carbons (Fsp3) is 0.333. The van der Waals surface area contributed by atoms with Gasteiger partial charge in [0.05, 0.1) is 3.79 Å². The van der Waals surface area contributed by atoms with Gasteiger partial charge in [-0.15, -0.1) is 17.9 Å². The van der Waals surface area contributed by atoms with E-state index in [9.17, 15) is 9.59 Å². The van der Waals surface area contributed by atoms with Crippen LogP contribution < -0.4 is 5.32 Å². The molecule has 1 aromatic rings. The van der Waals surface area contributed by atoms with Gasteiger partial charge in [0.2, 0.25) is 0 Å². The van der Waals surface area contributed by atoms with E-state index in [1.807, 2.05) is 12.1 Å². The molecule has 0 radical (unpaired) electrons. The predicted molar refractivity (Wildman–Crippen MR) is 78.5 cm³/mol. The average molecular weight is 347 g/mol. The van der Waals surface area contributed by atoms with Gasteiger partial charge in [0, 0.05) is 18.0 Å². The molecule has 0 aliphatic rings. The Morgan fingerprint density at radius 3 is 2.79 bits per heavy atom. The second-order valence-corrected chi connectivity index (χ2v) is 6.30. The van der Waals surface area contributed by atoms with Crippen molar-refractivity contribution in [1.82, 2.24) is 10.2 Å². The van der Waals surface area contributed by atoms with Crippen molar-refractivity contribution in [3.05, 3.63) is 33.5 Å². The summed E-state index contributed by atoms with van der Waals surface area (Å²) in [6.07, 6.45) is 2.22. The standard InChI is InChI=1S/C12H15BrN2O3S/c1-2-7-15(8-11(16)17)12(18)14-6-5-9-3-4-10(13)19-9/h2-4H,1,5-8H2,(H,14,18)(H,16,17). The molecule has 0 aliphatic heterocycles. The van der Waals surface area contributed by atoms with E-state index in [1.165, 1.54) is 11.0 Å². The molecule has 19 heavy (non-hydrogen) atoms. The Morgan fingerprint density at radius 1 is 1.53 bits per heavy atom. The van der Waals surface area contributed by atoms with E-state index in [-0.39, 0.29) is 13.1 Å². The molecule has 7 heteroatoms. The summed E-state index contributed by atoms with van der Waals surface area (Å²) >= 11 is 4.98. The van der Waals surface area contributed by atoms with Crippen LogP contribution in [0.25, 0.3) is 0 Å². The second-order valence-electron chi connectivity index (χ2n) is 3.75. The van der Waals surface area contributed by atoms with Gasteiger partial charge in [-0.25, -0.2) is 4.79 Å². The number of amides is 2. The molecule has 0 aromatic carbocycles. The Bertz CT molecular complexity index is 462. The maximum absolute atomic E-state index is 11.8. The van der Waals surface area contributed by atoms with Crippen molar-refractivity contribution in [1.29, 1.82) is 0 Å². The molecule has 0 unspecified atom stereocenters. The lowest BCUT2D eigenvalue weighted by atomic mass is 10.3. The number of thiophene rings is 1. The van der Waals surface area contributed by atoms with Gasteiger partial charge in [-0.05, 0) is 34.5 Å². The van der Waals surface area contributed by atoms with Crippen molar-refractivity contribution in [3.8, 4) is 0 Å². The van der Waals surface area contributed by atoms with Gasteiger partial charge >= 0.3 is 12.0 Å². The first-order valence-electron chi connectivity index (χ1n) is 5.62. The minimum Gasteiger partial charge on any atom is -0.480 e. The summed E-state index contributed by atoms with van der Waals surface area (Å²) < 4.78 is 1.05. The van der Waals surface area contributed by atoms with Gasteiger partial charge in [-0.1, -0.05) is 6.08 Å². The molecule has 0 spiro atoms. The van der Waals surface area contributed by atoms with Crippen molar-refractivity contribution in [2.75, 3.05) is 19.6 Å². The molecule has 5 nitrogen and oxygen atoms in total. The molecule has 2 N–H and O–H groups in total. The summed E-state index contributed by atoms with van der Waals surface area (Å²) in [4.78, 5) is 24.7. The zero-order chi connectivity index (χ0) is 14.3. The van der Waals surface area contributed by atoms with Gasteiger partial charge < -0.3 is 15.3 Å². The fourth-order valence-corrected chi connectivity index (χ4v) is 2.91. The number of aliphatic carboxylic acids is 1. The Labute approximate surface area is 124 Å². The third-order valence-electron chi connectivity index (χ3n) is 2.24. The largest absolute Gasteiger partial charge is 0.480 e. The van der Waals surface area contributed by atoms with Crippen LogP contribution >= 0.6 is 27.3 Å². The molecule has 0 bridgehead atoms. The summed E-state index contributed by atoms with van der Waals surface area (Å²) in [5.41, 5.74) is 0. The highest BCUT2D eigenvalue weighted by molar-refractivity contribution is 9.11. The van der Waals surface area contributed by atoms with E-state index in [4.69, 9.17) is 5.11 Å². The van der Waals surface area contributed by atoms with Gasteiger partial charge in [0.25, 0.3) is 0 Å². The van der Waals surface area contributed by atoms with Crippen LogP contribution in [0, 0.1) is 0 Å². The number of carboxylic acid groups (broad SMARTS) is 1. The first-order valence-corrected chi connectivity index (χ1v) is 7.23. The van der Waals surface area contributed by atoms with Crippen molar-refractivity contribution >= 4 is 39.3 Å². The Balaban J connectivity index is 2.39. The SMILES string of the molecule is C=CCN(CC(=O)O)C(=O)NCCc1ccc(Br)s1. The number of carbonyl (C=O) groups excluding carboxylic acids is 1. The second kappa shape index (κ2) is 7.96. The van der Waals surface area contributed by atoms with Gasteiger partial charge in [-0.2, -0.15) is 0 Å². The maximum atomic E-state index is 11.8. The molecular weight excluding hydrogens is 332 g/mol. The number of carbonyl (C=O) groups is 2. The number of carboxylic acids is 1. The topological polar surface area (TPSA) is 69.6 Å². The monoisotopic (exact) mass is 346 g/mol. The molecule has 2 amide bonds. The van der Waals surface area contributed by atoms with Crippen LogP contribution in [-0.2, 0) is 11.2 Å². The average Bonchev–Trinajstić information content (AvgIpc) is 2.74. The molecule has 0 atom stereocenters. The fourth-order valence-electron chi connectivity index (χ4n) is 1.43. The van der Waals surface area contributed by atoms with Crippen LogP contribution in [0.5, 0.6) is 0 Å². The lowest BCUT2D eigenvalue weighted by Crippen LogP contribution is -2.43. The molecule has 0 saturated carbocycles. The van der Waals surface area contributed by atoms with Crippen molar-refractivity contribution in [3.63, 3.8) is 0 Å². The lowest BCUT2D eigenvalue weighted by molar-refractivity contribution is -0.137. The predicted octanol–water partition coefficient (Wildman–Crippen LogP) is 2.34. The number of nitrogens with one attached hydrogen (secondary N) is 1. The van der Waals surface area contributed by atoms with Crippen molar-refractivity contribution < 1.29 is 14.7 Å². The minimum absolute atomic E-state index is 0.211. The first kappa shape index (κ1) is 15.7. The van der Waals surface area contributed by atoms with Crippen molar-refractivity contribution in [2.24, 2.45) is 0 Å². The highest BCUT2D eigenvalue weighted by atomic mass is 79.9. The number of nitrogens with zero attached hydrogens (tertiary/aromatic N) is 1. The van der Waals surface area contributed by atoms with Gasteiger partial charge in [-0.3, -0.25) is 4.79 Å². The minimum atomic E-state index is -1.04. The zero-order valence-electron chi connectivity index (χ0n) is 10.3. The molecule has 1 rings (SSSR count). The van der Waals surface area contributed by atoms with E-state index in [2.05, 4.69) is 27.8 Å². The molecule has 104 valence electrons. The number of hydrogen-bond donors (Lipinski definition) is 2. The Morgan fingerprint density at radius 2 is 2.26 bits per heavy atom. The van der Waals surface area contributed by atoms with Crippen LogP contribution in [-0.4, -0.2) is 41.6 Å². The molecule has 0 saturated heterocycles. The summed E-state index contributed by atoms with van der Waals surface area (Å²) in [7, 11) is 0. The third-order valence-corrected chi connectivity index (χ3v) is 3.92. The van der Waals surface area contributed by atoms with Crippen LogP contribution in [0.3, 0.4) is 0 Å². The molecule has 0 aliphatic carbocycles. The third kappa shape index (κ3) is 5.89. The normalized spacial score (nSPS) is 9.95. The van der Waals surface area contributed by atoms with Crippen LogP contribution in [0.15, 0.2) is 28.6 Å². The number of halogens is 1. The number of rotatable bonds is 7. The van der Waals surface area contributed by atoms with Crippen molar-refractivity contribution in [2.45, 2.75) is 6.42 Å². The van der Waals surface area contributed by atoms with E-state index < -0.39 is 12.0 Å². The highest BCUT2D eigenvalue weighted by Gasteiger charge is 2.14. The molecule has 1 aromatic heterocycles. The number of urea groups is 1. The summed E-state index contributed by atoms with van der Waals surface area (Å²) in [5.74, 6) is -1.04. The van der Waals surface area contributed by atoms with E-state index >= 15 is 0 Å². The molecular formula is C12H15BrN2O3S. The van der Waals surface area contributed by atoms with E-state index in [0.29, 0.717) is 6.54 Å². The van der Waals surface area contributed by atoms with Crippen LogP contribution in [0.4, 0.5) is 4.79 Å². The van der Waals surface area contributed by atoms with Crippen LogP contribution in [0.1, 0.15) is 4.88 Å². The zero-order valence-corrected chi connectivity index (χ0v) is 12.7. The summed E-state index contributed by atoms with van der Waals surface area (Å²) in [6, 6.07) is 3.55. The van der Waals surface area contributed by atoms with E-state index in [0.717, 1.165) is 15.1 Å². The lowest BCUT2D eigenvalue weighted by Gasteiger charge is -2.19. The Hall–Kier alpha value is -1.34. The number of hydrogen-bond acceptors (Lipinski definition) is 3. The summed E-state index contributed by atoms with van der Waals surface area (Å²) in [6.45, 7) is 3.85. The smallest absolute Gasteiger partial charge is 0.323 e. The Kier molecular flexibility index (Phi) is 6.58. The summed E-state index contributed by atoms with van der Waals surface area (Å²) in [5, 5.41) is 11.4. The van der Waals surface area contributed by atoms with Crippen LogP contribution in [0.2, 0.25) is 0 Å². The van der Waals surface area contributed by atoms with E-state index in [1.54, 1.807) is 11.3 Å². The molecule has 0 fully saturated rings. The van der Waals surface area contributed by atoms with Gasteiger partial charge in [0.15, 0.2) is 0 Å². The van der Waals surface area contributed by atoms with Gasteiger partial charge in [0.1, 0.15) is 6.54 Å². The quantitative estimate of drug-likeness (QED) is 0.744. The maximum Gasteiger partial charge on any atom is 0.323 e.